The van der Waals surface area contributed by atoms with Crippen LogP contribution in [0, 0.1) is 0 Å². The third kappa shape index (κ3) is 4.11. The molecule has 7 nitrogen and oxygen atoms in total. The maximum absolute atomic E-state index is 13.3. The fourth-order valence-corrected chi connectivity index (χ4v) is 4.27. The van der Waals surface area contributed by atoms with Gasteiger partial charge in [0, 0.05) is 38.6 Å². The molecule has 1 N–H and O–H groups in total. The van der Waals surface area contributed by atoms with E-state index in [2.05, 4.69) is 21.2 Å². The van der Waals surface area contributed by atoms with E-state index < -0.39 is 0 Å². The Morgan fingerprint density at radius 3 is 2.43 bits per heavy atom. The summed E-state index contributed by atoms with van der Waals surface area (Å²) >= 11 is 0. The minimum atomic E-state index is -0.184. The number of piperazine rings is 1. The maximum atomic E-state index is 13.3. The zero-order chi connectivity index (χ0) is 21.1. The molecular weight excluding hydrogens is 380 g/mol. The van der Waals surface area contributed by atoms with E-state index in [0.29, 0.717) is 18.7 Å². The number of ether oxygens (including phenoxy) is 1. The van der Waals surface area contributed by atoms with E-state index in [4.69, 9.17) is 4.74 Å². The van der Waals surface area contributed by atoms with Crippen LogP contribution >= 0.6 is 0 Å². The lowest BCUT2D eigenvalue weighted by molar-refractivity contribution is -0.120. The Hall–Kier alpha value is -3.06. The van der Waals surface area contributed by atoms with Crippen LogP contribution in [0.4, 0.5) is 17.1 Å². The first-order valence-electron chi connectivity index (χ1n) is 10.4. The molecule has 1 atom stereocenters. The molecular formula is C23H28N4O3. The lowest BCUT2D eigenvalue weighted by atomic mass is 10.1. The van der Waals surface area contributed by atoms with Gasteiger partial charge in [0.15, 0.2) is 0 Å². The number of methoxy groups -OCH3 is 1. The van der Waals surface area contributed by atoms with E-state index in [1.165, 1.54) is 0 Å². The van der Waals surface area contributed by atoms with Crippen LogP contribution in [-0.2, 0) is 9.59 Å². The first kappa shape index (κ1) is 20.2. The number of carbonyl (C=O) groups excluding carboxylic acids is 2. The Kier molecular flexibility index (Phi) is 5.90. The van der Waals surface area contributed by atoms with Crippen LogP contribution in [0.25, 0.3) is 0 Å². The molecule has 1 fully saturated rings. The number of para-hydroxylation sites is 4. The number of hydrogen-bond donors (Lipinski definition) is 1. The van der Waals surface area contributed by atoms with Gasteiger partial charge in [0.1, 0.15) is 5.75 Å². The number of anilines is 3. The molecule has 4 rings (SSSR count). The lowest BCUT2D eigenvalue weighted by Crippen LogP contribution is -2.51. The second kappa shape index (κ2) is 8.75. The monoisotopic (exact) mass is 408 g/mol. The summed E-state index contributed by atoms with van der Waals surface area (Å²) < 4.78 is 5.49. The molecule has 2 amide bonds. The number of amides is 2. The molecule has 7 heteroatoms. The molecule has 1 unspecified atom stereocenters. The molecule has 0 aliphatic carbocycles. The van der Waals surface area contributed by atoms with Gasteiger partial charge < -0.3 is 19.9 Å². The van der Waals surface area contributed by atoms with E-state index in [1.54, 1.807) is 12.0 Å². The number of nitrogens with zero attached hydrogens (tertiary/aromatic N) is 3. The highest BCUT2D eigenvalue weighted by Gasteiger charge is 2.31. The highest BCUT2D eigenvalue weighted by molar-refractivity contribution is 6.04. The van der Waals surface area contributed by atoms with Crippen LogP contribution in [-0.4, -0.2) is 62.6 Å². The summed E-state index contributed by atoms with van der Waals surface area (Å²) in [6.07, 6.45) is 0.294. The van der Waals surface area contributed by atoms with Gasteiger partial charge >= 0.3 is 0 Å². The van der Waals surface area contributed by atoms with Crippen molar-refractivity contribution in [1.29, 1.82) is 0 Å². The smallest absolute Gasteiger partial charge is 0.241 e. The Balaban J connectivity index is 1.43. The highest BCUT2D eigenvalue weighted by atomic mass is 16.5. The number of benzene rings is 2. The van der Waals surface area contributed by atoms with Gasteiger partial charge in [0.05, 0.1) is 30.7 Å². The van der Waals surface area contributed by atoms with E-state index in [-0.39, 0.29) is 17.9 Å². The molecule has 1 saturated heterocycles. The summed E-state index contributed by atoms with van der Waals surface area (Å²) in [4.78, 5) is 31.7. The fourth-order valence-electron chi connectivity index (χ4n) is 4.27. The predicted octanol–water partition coefficient (Wildman–Crippen LogP) is 2.58. The lowest BCUT2D eigenvalue weighted by Gasteiger charge is -2.37. The van der Waals surface area contributed by atoms with Crippen LogP contribution < -0.4 is 19.9 Å². The van der Waals surface area contributed by atoms with Crippen LogP contribution in [0.2, 0.25) is 0 Å². The molecule has 2 aromatic rings. The Morgan fingerprint density at radius 1 is 1.03 bits per heavy atom. The van der Waals surface area contributed by atoms with E-state index in [9.17, 15) is 9.59 Å². The summed E-state index contributed by atoms with van der Waals surface area (Å²) in [6, 6.07) is 15.4. The average molecular weight is 409 g/mol. The molecule has 0 radical (unpaired) electrons. The summed E-state index contributed by atoms with van der Waals surface area (Å²) in [6.45, 7) is 5.53. The standard InChI is InChI=1S/C23H28N4O3/c1-17-15-22(28)24-18-7-3-4-8-19(18)27(17)23(29)16-25-11-13-26(14-12-25)20-9-5-6-10-21(20)30-2/h3-10,17H,11-16H2,1-2H3,(H,24,28). The second-order valence-corrected chi connectivity index (χ2v) is 7.82. The van der Waals surface area contributed by atoms with Crippen LogP contribution in [0.5, 0.6) is 5.75 Å². The molecule has 0 aromatic heterocycles. The molecule has 0 bridgehead atoms. The van der Waals surface area contributed by atoms with Gasteiger partial charge in [-0.1, -0.05) is 24.3 Å². The fraction of sp³-hybridized carbons (Fsp3) is 0.391. The SMILES string of the molecule is COc1ccccc1N1CCN(CC(=O)N2c3ccccc3NC(=O)CC2C)CC1. The van der Waals surface area contributed by atoms with Gasteiger partial charge in [-0.25, -0.2) is 0 Å². The van der Waals surface area contributed by atoms with Crippen molar-refractivity contribution in [3.8, 4) is 5.75 Å². The highest BCUT2D eigenvalue weighted by Crippen LogP contribution is 2.32. The first-order valence-corrected chi connectivity index (χ1v) is 10.4. The topological polar surface area (TPSA) is 65.1 Å². The second-order valence-electron chi connectivity index (χ2n) is 7.82. The minimum Gasteiger partial charge on any atom is -0.495 e. The molecule has 30 heavy (non-hydrogen) atoms. The normalized spacial score (nSPS) is 19.7. The number of rotatable bonds is 4. The Bertz CT molecular complexity index is 924. The van der Waals surface area contributed by atoms with Crippen molar-refractivity contribution in [2.75, 3.05) is 55.0 Å². The third-order valence-corrected chi connectivity index (χ3v) is 5.78. The predicted molar refractivity (Wildman–Crippen MR) is 118 cm³/mol. The molecule has 2 aromatic carbocycles. The quantitative estimate of drug-likeness (QED) is 0.843. The Labute approximate surface area is 177 Å². The molecule has 0 saturated carbocycles. The van der Waals surface area contributed by atoms with Crippen LogP contribution in [0.3, 0.4) is 0 Å². The van der Waals surface area contributed by atoms with Gasteiger partial charge in [-0.2, -0.15) is 0 Å². The van der Waals surface area contributed by atoms with Crippen molar-refractivity contribution in [1.82, 2.24) is 4.90 Å². The van der Waals surface area contributed by atoms with Gasteiger partial charge in [0.25, 0.3) is 0 Å². The summed E-state index contributed by atoms with van der Waals surface area (Å²) in [5.74, 6) is 0.835. The summed E-state index contributed by atoms with van der Waals surface area (Å²) in [5, 5.41) is 2.91. The van der Waals surface area contributed by atoms with Crippen molar-refractivity contribution in [2.45, 2.75) is 19.4 Å². The average Bonchev–Trinajstić information content (AvgIpc) is 2.88. The Morgan fingerprint density at radius 2 is 1.70 bits per heavy atom. The van der Waals surface area contributed by atoms with E-state index in [0.717, 1.165) is 43.3 Å². The number of carbonyl (C=O) groups is 2. The van der Waals surface area contributed by atoms with Gasteiger partial charge in [-0.05, 0) is 31.2 Å². The number of fused-ring (bicyclic) bond motifs is 1. The third-order valence-electron chi connectivity index (χ3n) is 5.78. The molecule has 158 valence electrons. The summed E-state index contributed by atoms with van der Waals surface area (Å²) in [5.41, 5.74) is 2.56. The zero-order valence-corrected chi connectivity index (χ0v) is 17.5. The maximum Gasteiger partial charge on any atom is 0.241 e. The molecule has 0 spiro atoms. The van der Waals surface area contributed by atoms with Crippen molar-refractivity contribution in [3.63, 3.8) is 0 Å². The van der Waals surface area contributed by atoms with E-state index in [1.807, 2.05) is 49.4 Å². The number of nitrogens with one attached hydrogen (secondary N) is 1. The van der Waals surface area contributed by atoms with E-state index >= 15 is 0 Å². The molecule has 2 aliphatic rings. The van der Waals surface area contributed by atoms with Crippen molar-refractivity contribution in [2.24, 2.45) is 0 Å². The van der Waals surface area contributed by atoms with Crippen LogP contribution in [0.1, 0.15) is 13.3 Å². The van der Waals surface area contributed by atoms with Gasteiger partial charge in [0.2, 0.25) is 11.8 Å². The van der Waals surface area contributed by atoms with Crippen molar-refractivity contribution in [3.05, 3.63) is 48.5 Å². The van der Waals surface area contributed by atoms with Gasteiger partial charge in [-0.15, -0.1) is 0 Å². The minimum absolute atomic E-state index is 0.0252. The van der Waals surface area contributed by atoms with Crippen molar-refractivity contribution < 1.29 is 14.3 Å². The largest absolute Gasteiger partial charge is 0.495 e. The van der Waals surface area contributed by atoms with Crippen LogP contribution in [0.15, 0.2) is 48.5 Å². The zero-order valence-electron chi connectivity index (χ0n) is 17.5. The molecule has 2 aliphatic heterocycles. The summed E-state index contributed by atoms with van der Waals surface area (Å²) in [7, 11) is 1.69. The van der Waals surface area contributed by atoms with Crippen molar-refractivity contribution >= 4 is 28.9 Å². The molecule has 2 heterocycles. The van der Waals surface area contributed by atoms with Gasteiger partial charge in [-0.3, -0.25) is 14.5 Å². The first-order chi connectivity index (χ1) is 14.6. The number of hydrogen-bond acceptors (Lipinski definition) is 5.